The van der Waals surface area contributed by atoms with Crippen LogP contribution < -0.4 is 10.6 Å². The minimum atomic E-state index is -4.12. The molecule has 1 rings (SSSR count). The van der Waals surface area contributed by atoms with Crippen LogP contribution in [0.4, 0.5) is 18.9 Å². The number of halogens is 3. The van der Waals surface area contributed by atoms with E-state index in [0.29, 0.717) is 6.54 Å². The van der Waals surface area contributed by atoms with Crippen LogP contribution in [0.1, 0.15) is 17.5 Å². The van der Waals surface area contributed by atoms with Gasteiger partial charge in [0.25, 0.3) is 0 Å². The van der Waals surface area contributed by atoms with Gasteiger partial charge in [-0.25, -0.2) is 0 Å². The average Bonchev–Trinajstić information content (AvgIpc) is 2.24. The molecular formula is C12H17F3N2. The molecule has 0 atom stereocenters. The van der Waals surface area contributed by atoms with Gasteiger partial charge in [-0.05, 0) is 18.6 Å². The average molecular weight is 246 g/mol. The van der Waals surface area contributed by atoms with Crippen LogP contribution in [-0.4, -0.2) is 19.8 Å². The largest absolute Gasteiger partial charge is 0.390 e. The molecule has 0 aromatic heterocycles. The number of hydrogen-bond donors (Lipinski definition) is 1. The Morgan fingerprint density at radius 1 is 1.29 bits per heavy atom. The predicted molar refractivity (Wildman–Crippen MR) is 63.0 cm³/mol. The molecule has 2 N–H and O–H groups in total. The Labute approximate surface area is 99.2 Å². The Morgan fingerprint density at radius 2 is 1.94 bits per heavy atom. The summed E-state index contributed by atoms with van der Waals surface area (Å²) >= 11 is 0. The third-order valence-corrected chi connectivity index (χ3v) is 2.60. The molecule has 0 aliphatic carbocycles. The lowest BCUT2D eigenvalue weighted by molar-refractivity contribution is -0.132. The van der Waals surface area contributed by atoms with Crippen molar-refractivity contribution in [2.24, 2.45) is 5.73 Å². The van der Waals surface area contributed by atoms with Crippen LogP contribution in [0.3, 0.4) is 0 Å². The van der Waals surface area contributed by atoms with Crippen LogP contribution >= 0.6 is 0 Å². The molecule has 2 nitrogen and oxygen atoms in total. The minimum Gasteiger partial charge on any atom is -0.374 e. The van der Waals surface area contributed by atoms with Crippen LogP contribution in [0.2, 0.25) is 0 Å². The summed E-state index contributed by atoms with van der Waals surface area (Å²) in [6.07, 6.45) is -4.94. The van der Waals surface area contributed by atoms with Crippen molar-refractivity contribution in [3.8, 4) is 0 Å². The first kappa shape index (κ1) is 13.8. The number of alkyl halides is 3. The molecule has 0 radical (unpaired) electrons. The number of nitrogens with two attached hydrogens (primary N) is 1. The zero-order chi connectivity index (χ0) is 13.1. The molecule has 0 saturated heterocycles. The van der Waals surface area contributed by atoms with Crippen molar-refractivity contribution in [3.05, 3.63) is 29.3 Å². The Balaban J connectivity index is 2.78. The van der Waals surface area contributed by atoms with Gasteiger partial charge in [0.05, 0.1) is 6.42 Å². The fraction of sp³-hybridized carbons (Fsp3) is 0.500. The molecule has 1 aromatic carbocycles. The summed E-state index contributed by atoms with van der Waals surface area (Å²) in [4.78, 5) is 1.59. The molecule has 0 amide bonds. The molecule has 0 fully saturated rings. The fourth-order valence-electron chi connectivity index (χ4n) is 1.67. The van der Waals surface area contributed by atoms with E-state index >= 15 is 0 Å². The van der Waals surface area contributed by atoms with Gasteiger partial charge in [-0.1, -0.05) is 17.7 Å². The number of hydrogen-bond acceptors (Lipinski definition) is 2. The van der Waals surface area contributed by atoms with Crippen molar-refractivity contribution in [2.75, 3.05) is 18.5 Å². The van der Waals surface area contributed by atoms with Gasteiger partial charge in [-0.3, -0.25) is 0 Å². The molecule has 0 bridgehead atoms. The van der Waals surface area contributed by atoms with Crippen molar-refractivity contribution >= 4 is 5.69 Å². The highest BCUT2D eigenvalue weighted by Crippen LogP contribution is 2.24. The SMILES string of the molecule is Cc1ccc(N(C)CCC(F)(F)F)c(CN)c1. The van der Waals surface area contributed by atoms with Gasteiger partial charge in [-0.15, -0.1) is 0 Å². The zero-order valence-electron chi connectivity index (χ0n) is 10.0. The van der Waals surface area contributed by atoms with Gasteiger partial charge in [0.15, 0.2) is 0 Å². The van der Waals surface area contributed by atoms with Crippen molar-refractivity contribution in [1.82, 2.24) is 0 Å². The number of rotatable bonds is 4. The van der Waals surface area contributed by atoms with E-state index < -0.39 is 12.6 Å². The molecule has 0 aliphatic heterocycles. The summed E-state index contributed by atoms with van der Waals surface area (Å²) in [5.74, 6) is 0. The van der Waals surface area contributed by atoms with Gasteiger partial charge in [-0.2, -0.15) is 13.2 Å². The van der Waals surface area contributed by atoms with Crippen LogP contribution in [0, 0.1) is 6.92 Å². The lowest BCUT2D eigenvalue weighted by atomic mass is 10.1. The molecule has 0 aliphatic rings. The van der Waals surface area contributed by atoms with Crippen LogP contribution in [0.5, 0.6) is 0 Å². The maximum Gasteiger partial charge on any atom is 0.390 e. The van der Waals surface area contributed by atoms with Gasteiger partial charge in [0.1, 0.15) is 0 Å². The van der Waals surface area contributed by atoms with E-state index in [2.05, 4.69) is 0 Å². The molecule has 0 saturated carbocycles. The maximum atomic E-state index is 12.1. The minimum absolute atomic E-state index is 0.0560. The second-order valence-electron chi connectivity index (χ2n) is 4.12. The van der Waals surface area contributed by atoms with Gasteiger partial charge in [0, 0.05) is 25.8 Å². The van der Waals surface area contributed by atoms with Gasteiger partial charge >= 0.3 is 6.18 Å². The highest BCUT2D eigenvalue weighted by molar-refractivity contribution is 5.54. The van der Waals surface area contributed by atoms with Crippen LogP contribution in [0.25, 0.3) is 0 Å². The number of aryl methyl sites for hydroxylation is 1. The third kappa shape index (κ3) is 4.26. The van der Waals surface area contributed by atoms with Crippen LogP contribution in [-0.2, 0) is 6.54 Å². The Morgan fingerprint density at radius 3 is 2.47 bits per heavy atom. The summed E-state index contributed by atoms with van der Waals surface area (Å²) in [7, 11) is 1.65. The van der Waals surface area contributed by atoms with Gasteiger partial charge < -0.3 is 10.6 Å². The summed E-state index contributed by atoms with van der Waals surface area (Å²) in [6.45, 7) is 2.20. The third-order valence-electron chi connectivity index (χ3n) is 2.60. The van der Waals surface area contributed by atoms with E-state index in [0.717, 1.165) is 16.8 Å². The maximum absolute atomic E-state index is 12.1. The lowest BCUT2D eigenvalue weighted by Gasteiger charge is -2.23. The van der Waals surface area contributed by atoms with Crippen molar-refractivity contribution < 1.29 is 13.2 Å². The lowest BCUT2D eigenvalue weighted by Crippen LogP contribution is -2.25. The first-order valence-electron chi connectivity index (χ1n) is 5.41. The van der Waals surface area contributed by atoms with E-state index in [4.69, 9.17) is 5.73 Å². The standard InChI is InChI=1S/C12H17F3N2/c1-9-3-4-11(10(7-9)8-16)17(2)6-5-12(13,14)15/h3-4,7H,5-6,8,16H2,1-2H3. The molecule has 0 unspecified atom stereocenters. The second-order valence-corrected chi connectivity index (χ2v) is 4.12. The predicted octanol–water partition coefficient (Wildman–Crippen LogP) is 2.84. The second kappa shape index (κ2) is 5.40. The molecule has 5 heteroatoms. The Hall–Kier alpha value is -1.23. The summed E-state index contributed by atoms with van der Waals surface area (Å²) in [5, 5.41) is 0. The first-order chi connectivity index (χ1) is 7.83. The zero-order valence-corrected chi connectivity index (χ0v) is 10.0. The normalized spacial score (nSPS) is 11.6. The van der Waals surface area contributed by atoms with E-state index in [1.807, 2.05) is 25.1 Å². The van der Waals surface area contributed by atoms with E-state index in [-0.39, 0.29) is 6.54 Å². The van der Waals surface area contributed by atoms with Crippen molar-refractivity contribution in [2.45, 2.75) is 26.1 Å². The molecule has 0 heterocycles. The van der Waals surface area contributed by atoms with Crippen molar-refractivity contribution in [3.63, 3.8) is 0 Å². The molecule has 1 aromatic rings. The Bertz CT molecular complexity index is 375. The fourth-order valence-corrected chi connectivity index (χ4v) is 1.67. The molecular weight excluding hydrogens is 229 g/mol. The number of nitrogens with zero attached hydrogens (tertiary/aromatic N) is 1. The van der Waals surface area contributed by atoms with E-state index in [9.17, 15) is 13.2 Å². The molecule has 17 heavy (non-hydrogen) atoms. The Kier molecular flexibility index (Phi) is 4.40. The summed E-state index contributed by atoms with van der Waals surface area (Å²) in [6, 6.07) is 5.59. The van der Waals surface area contributed by atoms with Crippen LogP contribution in [0.15, 0.2) is 18.2 Å². The van der Waals surface area contributed by atoms with E-state index in [1.54, 1.807) is 11.9 Å². The number of anilines is 1. The summed E-state index contributed by atoms with van der Waals surface area (Å²) < 4.78 is 36.4. The van der Waals surface area contributed by atoms with E-state index in [1.165, 1.54) is 0 Å². The van der Waals surface area contributed by atoms with Crippen molar-refractivity contribution in [1.29, 1.82) is 0 Å². The molecule has 96 valence electrons. The number of benzene rings is 1. The highest BCUT2D eigenvalue weighted by Gasteiger charge is 2.27. The topological polar surface area (TPSA) is 29.3 Å². The monoisotopic (exact) mass is 246 g/mol. The highest BCUT2D eigenvalue weighted by atomic mass is 19.4. The van der Waals surface area contributed by atoms with Gasteiger partial charge in [0.2, 0.25) is 0 Å². The first-order valence-corrected chi connectivity index (χ1v) is 5.41. The quantitative estimate of drug-likeness (QED) is 0.885. The summed E-state index contributed by atoms with van der Waals surface area (Å²) in [5.41, 5.74) is 8.28. The molecule has 0 spiro atoms. The smallest absolute Gasteiger partial charge is 0.374 e.